The molecule has 1 fully saturated rings. The lowest BCUT2D eigenvalue weighted by atomic mass is 10.2. The fourth-order valence-electron chi connectivity index (χ4n) is 2.68. The first-order valence-electron chi connectivity index (χ1n) is 8.58. The minimum absolute atomic E-state index is 0.149. The summed E-state index contributed by atoms with van der Waals surface area (Å²) in [5, 5.41) is 9.75. The third kappa shape index (κ3) is 3.72. The number of nitrogens with one attached hydrogen (secondary N) is 1. The summed E-state index contributed by atoms with van der Waals surface area (Å²) in [6.07, 6.45) is 2.27. The van der Waals surface area contributed by atoms with Crippen LogP contribution in [0.3, 0.4) is 0 Å². The molecule has 1 aliphatic rings. The molecule has 1 aliphatic carbocycles. The zero-order valence-corrected chi connectivity index (χ0v) is 14.9. The van der Waals surface area contributed by atoms with Crippen molar-refractivity contribution in [3.8, 4) is 10.6 Å². The van der Waals surface area contributed by atoms with Gasteiger partial charge in [0.2, 0.25) is 0 Å². The summed E-state index contributed by atoms with van der Waals surface area (Å²) in [7, 11) is 0. The number of nitrogens with zero attached hydrogens (tertiary/aromatic N) is 3. The molecule has 0 radical (unpaired) electrons. The van der Waals surface area contributed by atoms with E-state index < -0.39 is 0 Å². The lowest BCUT2D eigenvalue weighted by molar-refractivity contribution is 0.0947. The van der Waals surface area contributed by atoms with Crippen LogP contribution in [-0.4, -0.2) is 27.2 Å². The topological polar surface area (TPSA) is 76.9 Å². The van der Waals surface area contributed by atoms with Crippen LogP contribution in [0.1, 0.15) is 34.9 Å². The summed E-state index contributed by atoms with van der Waals surface area (Å²) < 4.78 is 1.42. The minimum Gasteiger partial charge on any atom is -0.349 e. The van der Waals surface area contributed by atoms with Crippen molar-refractivity contribution in [2.45, 2.75) is 25.3 Å². The Hall–Kier alpha value is -2.80. The van der Waals surface area contributed by atoms with Crippen molar-refractivity contribution in [3.05, 3.63) is 69.6 Å². The van der Waals surface area contributed by atoms with Crippen LogP contribution in [0.5, 0.6) is 0 Å². The normalized spacial score (nSPS) is 13.5. The molecule has 1 amide bonds. The summed E-state index contributed by atoms with van der Waals surface area (Å²) >= 11 is 1.44. The van der Waals surface area contributed by atoms with Gasteiger partial charge in [0, 0.05) is 29.5 Å². The standard InChI is InChI=1S/C19H18N4O2S/c24-17-9-8-15(13-6-7-13)22-23(17)11-10-20-18(25)16-12-26-19(21-16)14-4-2-1-3-5-14/h1-5,8-9,12-13H,6-7,10-11H2,(H,20,25). The maximum Gasteiger partial charge on any atom is 0.270 e. The Balaban J connectivity index is 1.37. The molecule has 1 aromatic carbocycles. The predicted molar refractivity (Wildman–Crippen MR) is 100 cm³/mol. The van der Waals surface area contributed by atoms with E-state index in [0.29, 0.717) is 24.7 Å². The van der Waals surface area contributed by atoms with E-state index >= 15 is 0 Å². The van der Waals surface area contributed by atoms with E-state index in [1.54, 1.807) is 17.5 Å². The van der Waals surface area contributed by atoms with Gasteiger partial charge in [0.25, 0.3) is 11.5 Å². The highest BCUT2D eigenvalue weighted by molar-refractivity contribution is 7.13. The van der Waals surface area contributed by atoms with E-state index in [2.05, 4.69) is 15.4 Å². The number of hydrogen-bond acceptors (Lipinski definition) is 5. The SMILES string of the molecule is O=C(NCCn1nc(C2CC2)ccc1=O)c1csc(-c2ccccc2)n1. The van der Waals surface area contributed by atoms with Gasteiger partial charge in [-0.05, 0) is 18.9 Å². The molecular formula is C19H18N4O2S. The van der Waals surface area contributed by atoms with Crippen molar-refractivity contribution in [1.82, 2.24) is 20.1 Å². The molecule has 0 aliphatic heterocycles. The monoisotopic (exact) mass is 366 g/mol. The second-order valence-corrected chi connectivity index (χ2v) is 7.11. The van der Waals surface area contributed by atoms with Crippen molar-refractivity contribution in [2.75, 3.05) is 6.54 Å². The zero-order valence-electron chi connectivity index (χ0n) is 14.1. The molecule has 4 rings (SSSR count). The maximum atomic E-state index is 12.3. The molecule has 26 heavy (non-hydrogen) atoms. The number of hydrogen-bond donors (Lipinski definition) is 1. The minimum atomic E-state index is -0.241. The van der Waals surface area contributed by atoms with Crippen LogP contribution >= 0.6 is 11.3 Å². The second kappa shape index (κ2) is 7.21. The summed E-state index contributed by atoms with van der Waals surface area (Å²) in [5.41, 5.74) is 2.19. The third-order valence-electron chi connectivity index (χ3n) is 4.25. The van der Waals surface area contributed by atoms with E-state index in [-0.39, 0.29) is 11.5 Å². The number of rotatable bonds is 6. The third-order valence-corrected chi connectivity index (χ3v) is 5.14. The molecule has 2 heterocycles. The van der Waals surface area contributed by atoms with Crippen LogP contribution < -0.4 is 10.9 Å². The summed E-state index contributed by atoms with van der Waals surface area (Å²) in [6, 6.07) is 13.1. The van der Waals surface area contributed by atoms with Crippen LogP contribution in [-0.2, 0) is 6.54 Å². The van der Waals surface area contributed by atoms with Crippen molar-refractivity contribution in [2.24, 2.45) is 0 Å². The van der Waals surface area contributed by atoms with Gasteiger partial charge in [-0.1, -0.05) is 30.3 Å². The summed E-state index contributed by atoms with van der Waals surface area (Å²) in [4.78, 5) is 28.6. The highest BCUT2D eigenvalue weighted by Gasteiger charge is 2.25. The highest BCUT2D eigenvalue weighted by atomic mass is 32.1. The number of thiazole rings is 1. The summed E-state index contributed by atoms with van der Waals surface area (Å²) in [6.45, 7) is 0.679. The molecule has 132 valence electrons. The molecule has 1 N–H and O–H groups in total. The first kappa shape index (κ1) is 16.7. The Morgan fingerprint density at radius 3 is 2.77 bits per heavy atom. The number of aromatic nitrogens is 3. The largest absolute Gasteiger partial charge is 0.349 e. The number of carbonyl (C=O) groups excluding carboxylic acids is 1. The second-order valence-electron chi connectivity index (χ2n) is 6.25. The van der Waals surface area contributed by atoms with Gasteiger partial charge < -0.3 is 5.32 Å². The average molecular weight is 366 g/mol. The van der Waals surface area contributed by atoms with Crippen LogP contribution in [0.25, 0.3) is 10.6 Å². The molecule has 1 saturated carbocycles. The Kier molecular flexibility index (Phi) is 4.62. The predicted octanol–water partition coefficient (Wildman–Crippen LogP) is 2.67. The van der Waals surface area contributed by atoms with E-state index in [9.17, 15) is 9.59 Å². The first-order chi connectivity index (χ1) is 12.7. The van der Waals surface area contributed by atoms with Crippen molar-refractivity contribution >= 4 is 17.2 Å². The molecule has 0 bridgehead atoms. The van der Waals surface area contributed by atoms with Gasteiger partial charge in [-0.2, -0.15) is 5.10 Å². The summed E-state index contributed by atoms with van der Waals surface area (Å²) in [5.74, 6) is 0.248. The first-order valence-corrected chi connectivity index (χ1v) is 9.46. The van der Waals surface area contributed by atoms with Gasteiger partial charge >= 0.3 is 0 Å². The van der Waals surface area contributed by atoms with Gasteiger partial charge in [-0.25, -0.2) is 9.67 Å². The van der Waals surface area contributed by atoms with E-state index in [4.69, 9.17) is 0 Å². The van der Waals surface area contributed by atoms with Gasteiger partial charge in [0.1, 0.15) is 10.7 Å². The molecule has 3 aromatic rings. The highest BCUT2D eigenvalue weighted by Crippen LogP contribution is 2.38. The van der Waals surface area contributed by atoms with E-state index in [0.717, 1.165) is 29.1 Å². The van der Waals surface area contributed by atoms with Gasteiger partial charge in [0.15, 0.2) is 0 Å². The molecular weight excluding hydrogens is 348 g/mol. The maximum absolute atomic E-state index is 12.3. The lowest BCUT2D eigenvalue weighted by Gasteiger charge is -2.07. The smallest absolute Gasteiger partial charge is 0.270 e. The fourth-order valence-corrected chi connectivity index (χ4v) is 3.49. The number of amides is 1. The molecule has 2 aromatic heterocycles. The molecule has 0 spiro atoms. The Morgan fingerprint density at radius 2 is 2.00 bits per heavy atom. The molecule has 7 heteroatoms. The molecule has 0 saturated heterocycles. The zero-order chi connectivity index (χ0) is 17.9. The van der Waals surface area contributed by atoms with Gasteiger partial charge in [0.05, 0.1) is 12.2 Å². The van der Waals surface area contributed by atoms with Crippen molar-refractivity contribution < 1.29 is 4.79 Å². The van der Waals surface area contributed by atoms with Gasteiger partial charge in [-0.3, -0.25) is 9.59 Å². The number of benzene rings is 1. The van der Waals surface area contributed by atoms with Crippen molar-refractivity contribution in [3.63, 3.8) is 0 Å². The van der Waals surface area contributed by atoms with Crippen molar-refractivity contribution in [1.29, 1.82) is 0 Å². The van der Waals surface area contributed by atoms with E-state index in [1.807, 2.05) is 30.3 Å². The van der Waals surface area contributed by atoms with Crippen LogP contribution in [0.4, 0.5) is 0 Å². The fraction of sp³-hybridized carbons (Fsp3) is 0.263. The van der Waals surface area contributed by atoms with Crippen LogP contribution in [0.15, 0.2) is 52.6 Å². The Morgan fingerprint density at radius 1 is 1.19 bits per heavy atom. The Bertz CT molecular complexity index is 976. The average Bonchev–Trinajstić information content (AvgIpc) is 3.40. The van der Waals surface area contributed by atoms with Crippen LogP contribution in [0.2, 0.25) is 0 Å². The number of carbonyl (C=O) groups is 1. The lowest BCUT2D eigenvalue weighted by Crippen LogP contribution is -2.32. The molecule has 6 nitrogen and oxygen atoms in total. The molecule has 0 atom stereocenters. The molecule has 0 unspecified atom stereocenters. The van der Waals surface area contributed by atoms with E-state index in [1.165, 1.54) is 16.0 Å². The quantitative estimate of drug-likeness (QED) is 0.728. The van der Waals surface area contributed by atoms with Crippen LogP contribution in [0, 0.1) is 0 Å². The van der Waals surface area contributed by atoms with Gasteiger partial charge in [-0.15, -0.1) is 11.3 Å². The Labute approximate surface area is 154 Å².